The number of hydrogen-bond donors (Lipinski definition) is 0. The third kappa shape index (κ3) is 6.47. The van der Waals surface area contributed by atoms with Crippen LogP contribution in [0.15, 0.2) is 23.8 Å². The highest BCUT2D eigenvalue weighted by molar-refractivity contribution is 4.93. The first-order valence-corrected chi connectivity index (χ1v) is 5.82. The van der Waals surface area contributed by atoms with Crippen LogP contribution >= 0.6 is 0 Å². The molecule has 2 nitrogen and oxygen atoms in total. The van der Waals surface area contributed by atoms with Crippen molar-refractivity contribution in [2.75, 3.05) is 13.2 Å². The maximum absolute atomic E-state index is 5.29. The van der Waals surface area contributed by atoms with E-state index in [1.54, 1.807) is 0 Å². The Morgan fingerprint density at radius 1 is 1.13 bits per heavy atom. The van der Waals surface area contributed by atoms with E-state index in [1.807, 2.05) is 6.08 Å². The average molecular weight is 210 g/mol. The lowest BCUT2D eigenvalue weighted by Gasteiger charge is -2.01. The Kier molecular flexibility index (Phi) is 6.37. The Balaban J connectivity index is 1.94. The number of allylic oxidation sites excluding steroid dienone is 3. The van der Waals surface area contributed by atoms with Crippen molar-refractivity contribution in [1.82, 2.24) is 0 Å². The van der Waals surface area contributed by atoms with E-state index in [0.29, 0.717) is 0 Å². The molecule has 1 aliphatic rings. The van der Waals surface area contributed by atoms with Crippen LogP contribution in [0.3, 0.4) is 0 Å². The first kappa shape index (κ1) is 12.5. The molecule has 0 aliphatic carbocycles. The van der Waals surface area contributed by atoms with E-state index in [2.05, 4.69) is 26.0 Å². The van der Waals surface area contributed by atoms with Crippen molar-refractivity contribution in [1.29, 1.82) is 0 Å². The first-order valence-electron chi connectivity index (χ1n) is 5.82. The van der Waals surface area contributed by atoms with Crippen molar-refractivity contribution in [3.63, 3.8) is 0 Å². The maximum Gasteiger partial charge on any atom is 0.177 e. The Morgan fingerprint density at radius 3 is 2.47 bits per heavy atom. The van der Waals surface area contributed by atoms with Crippen LogP contribution in [0.4, 0.5) is 0 Å². The molecule has 1 saturated heterocycles. The van der Waals surface area contributed by atoms with Gasteiger partial charge < -0.3 is 9.47 Å². The summed E-state index contributed by atoms with van der Waals surface area (Å²) in [6.45, 7) is 5.76. The fraction of sp³-hybridized carbons (Fsp3) is 0.692. The highest BCUT2D eigenvalue weighted by Crippen LogP contribution is 2.07. The zero-order valence-electron chi connectivity index (χ0n) is 9.87. The molecular weight excluding hydrogens is 188 g/mol. The molecule has 0 aromatic heterocycles. The van der Waals surface area contributed by atoms with Gasteiger partial charge in [0.25, 0.3) is 0 Å². The molecule has 0 N–H and O–H groups in total. The van der Waals surface area contributed by atoms with Gasteiger partial charge in [-0.25, -0.2) is 0 Å². The summed E-state index contributed by atoms with van der Waals surface area (Å²) in [6, 6.07) is 0. The van der Waals surface area contributed by atoms with Crippen LogP contribution in [-0.2, 0) is 9.47 Å². The molecule has 0 spiro atoms. The van der Waals surface area contributed by atoms with E-state index in [4.69, 9.17) is 9.47 Å². The van der Waals surface area contributed by atoms with E-state index >= 15 is 0 Å². The highest BCUT2D eigenvalue weighted by Gasteiger charge is 2.10. The first-order chi connectivity index (χ1) is 7.29. The summed E-state index contributed by atoms with van der Waals surface area (Å²) in [5.74, 6) is 0. The lowest BCUT2D eigenvalue weighted by Crippen LogP contribution is -2.01. The van der Waals surface area contributed by atoms with E-state index < -0.39 is 0 Å². The fourth-order valence-electron chi connectivity index (χ4n) is 1.49. The molecule has 1 fully saturated rings. The Bertz CT molecular complexity index is 209. The quantitative estimate of drug-likeness (QED) is 0.494. The molecule has 1 aliphatic heterocycles. The normalized spacial score (nSPS) is 17.5. The summed E-state index contributed by atoms with van der Waals surface area (Å²) in [5, 5.41) is 0. The molecule has 0 bridgehead atoms. The largest absolute Gasteiger partial charge is 0.347 e. The second-order valence-electron chi connectivity index (χ2n) is 4.10. The van der Waals surface area contributed by atoms with Crippen molar-refractivity contribution in [3.05, 3.63) is 23.8 Å². The minimum absolute atomic E-state index is 0.0808. The molecule has 0 unspecified atom stereocenters. The van der Waals surface area contributed by atoms with Gasteiger partial charge in [-0.15, -0.1) is 0 Å². The summed E-state index contributed by atoms with van der Waals surface area (Å²) >= 11 is 0. The number of ether oxygens (including phenoxy) is 2. The van der Waals surface area contributed by atoms with E-state index in [-0.39, 0.29) is 6.29 Å². The van der Waals surface area contributed by atoms with Crippen LogP contribution in [0.25, 0.3) is 0 Å². The molecule has 0 saturated carbocycles. The molecule has 0 aromatic rings. The lowest BCUT2D eigenvalue weighted by atomic mass is 10.1. The molecular formula is C13H22O2. The fourth-order valence-corrected chi connectivity index (χ4v) is 1.49. The van der Waals surface area contributed by atoms with Crippen molar-refractivity contribution in [3.8, 4) is 0 Å². The highest BCUT2D eigenvalue weighted by atomic mass is 16.7. The van der Waals surface area contributed by atoms with E-state index in [1.165, 1.54) is 24.8 Å². The molecule has 0 atom stereocenters. The lowest BCUT2D eigenvalue weighted by molar-refractivity contribution is -0.00173. The summed E-state index contributed by atoms with van der Waals surface area (Å²) in [6.07, 6.45) is 11.2. The number of unbranched alkanes of at least 4 members (excludes halogenated alkanes) is 3. The van der Waals surface area contributed by atoms with Gasteiger partial charge in [-0.1, -0.05) is 17.7 Å². The van der Waals surface area contributed by atoms with Crippen LogP contribution in [0, 0.1) is 0 Å². The second-order valence-corrected chi connectivity index (χ2v) is 4.10. The van der Waals surface area contributed by atoms with Gasteiger partial charge in [0.2, 0.25) is 0 Å². The van der Waals surface area contributed by atoms with Crippen molar-refractivity contribution in [2.45, 2.75) is 45.8 Å². The second kappa shape index (κ2) is 7.66. The smallest absolute Gasteiger partial charge is 0.177 e. The van der Waals surface area contributed by atoms with Gasteiger partial charge in [0.1, 0.15) is 0 Å². The summed E-state index contributed by atoms with van der Waals surface area (Å²) in [7, 11) is 0. The van der Waals surface area contributed by atoms with E-state index in [9.17, 15) is 0 Å². The number of rotatable bonds is 6. The third-order valence-corrected chi connectivity index (χ3v) is 2.32. The van der Waals surface area contributed by atoms with Crippen LogP contribution in [0.5, 0.6) is 0 Å². The summed E-state index contributed by atoms with van der Waals surface area (Å²) < 4.78 is 10.6. The van der Waals surface area contributed by atoms with E-state index in [0.717, 1.165) is 19.6 Å². The SMILES string of the molecule is CC(C)=CCCCC/C=C/C1OCCO1. The monoisotopic (exact) mass is 210 g/mol. The molecule has 0 amide bonds. The summed E-state index contributed by atoms with van der Waals surface area (Å²) in [5.41, 5.74) is 1.42. The molecule has 86 valence electrons. The van der Waals surface area contributed by atoms with Crippen LogP contribution in [0.2, 0.25) is 0 Å². The molecule has 1 rings (SSSR count). The van der Waals surface area contributed by atoms with Gasteiger partial charge in [-0.05, 0) is 45.6 Å². The van der Waals surface area contributed by atoms with Gasteiger partial charge in [0, 0.05) is 0 Å². The predicted octanol–water partition coefficient (Wildman–Crippen LogP) is 3.44. The number of hydrogen-bond acceptors (Lipinski definition) is 2. The Labute approximate surface area is 93.0 Å². The topological polar surface area (TPSA) is 18.5 Å². The van der Waals surface area contributed by atoms with Crippen molar-refractivity contribution >= 4 is 0 Å². The van der Waals surface area contributed by atoms with Gasteiger partial charge in [-0.3, -0.25) is 0 Å². The van der Waals surface area contributed by atoms with Crippen molar-refractivity contribution in [2.24, 2.45) is 0 Å². The van der Waals surface area contributed by atoms with Gasteiger partial charge in [-0.2, -0.15) is 0 Å². The zero-order chi connectivity index (χ0) is 10.9. The Hall–Kier alpha value is -0.600. The maximum atomic E-state index is 5.29. The Morgan fingerprint density at radius 2 is 1.80 bits per heavy atom. The standard InChI is InChI=1S/C13H22O2/c1-12(2)8-6-4-3-5-7-9-13-14-10-11-15-13/h7-9,13H,3-6,10-11H2,1-2H3/b9-7+. The van der Waals surface area contributed by atoms with Crippen LogP contribution in [0.1, 0.15) is 39.5 Å². The zero-order valence-corrected chi connectivity index (χ0v) is 9.87. The minimum Gasteiger partial charge on any atom is -0.347 e. The molecule has 15 heavy (non-hydrogen) atoms. The van der Waals surface area contributed by atoms with Crippen molar-refractivity contribution < 1.29 is 9.47 Å². The molecule has 2 heteroatoms. The molecule has 1 heterocycles. The predicted molar refractivity (Wildman–Crippen MR) is 62.7 cm³/mol. The molecule has 0 radical (unpaired) electrons. The third-order valence-electron chi connectivity index (χ3n) is 2.32. The molecule has 0 aromatic carbocycles. The minimum atomic E-state index is -0.0808. The van der Waals surface area contributed by atoms with Crippen LogP contribution in [-0.4, -0.2) is 19.5 Å². The van der Waals surface area contributed by atoms with Gasteiger partial charge >= 0.3 is 0 Å². The van der Waals surface area contributed by atoms with Crippen LogP contribution < -0.4 is 0 Å². The summed E-state index contributed by atoms with van der Waals surface area (Å²) in [4.78, 5) is 0. The van der Waals surface area contributed by atoms with Gasteiger partial charge in [0.05, 0.1) is 13.2 Å². The van der Waals surface area contributed by atoms with Gasteiger partial charge in [0.15, 0.2) is 6.29 Å². The average Bonchev–Trinajstić information content (AvgIpc) is 2.68.